The van der Waals surface area contributed by atoms with Gasteiger partial charge in [-0.2, -0.15) is 0 Å². The van der Waals surface area contributed by atoms with E-state index in [-0.39, 0.29) is 23.9 Å². The van der Waals surface area contributed by atoms with E-state index >= 15 is 0 Å². The average Bonchev–Trinajstić information content (AvgIpc) is 2.53. The summed E-state index contributed by atoms with van der Waals surface area (Å²) in [7, 11) is -3.60. The van der Waals surface area contributed by atoms with Crippen molar-refractivity contribution in [1.29, 1.82) is 0 Å². The highest BCUT2D eigenvalue weighted by Gasteiger charge is 2.16. The highest BCUT2D eigenvalue weighted by molar-refractivity contribution is 7.89. The number of amides is 1. The van der Waals surface area contributed by atoms with Crippen LogP contribution in [0.4, 0.5) is 0 Å². The zero-order valence-electron chi connectivity index (χ0n) is 14.0. The monoisotopic (exact) mass is 347 g/mol. The molecule has 7 heteroatoms. The maximum atomic E-state index is 12.3. The van der Waals surface area contributed by atoms with Gasteiger partial charge in [-0.3, -0.25) is 4.79 Å². The van der Waals surface area contributed by atoms with E-state index in [1.54, 1.807) is 44.2 Å². The second-order valence-corrected chi connectivity index (χ2v) is 7.32. The van der Waals surface area contributed by atoms with Crippen LogP contribution in [0.3, 0.4) is 0 Å². The van der Waals surface area contributed by atoms with Crippen molar-refractivity contribution in [2.24, 2.45) is 0 Å². The fraction of sp³-hybridized carbons (Fsp3) is 0.294. The maximum Gasteiger partial charge on any atom is 0.269 e. The van der Waals surface area contributed by atoms with Gasteiger partial charge < -0.3 is 5.32 Å². The Kier molecular flexibility index (Phi) is 5.69. The molecule has 0 saturated carbocycles. The maximum absolute atomic E-state index is 12.3. The van der Waals surface area contributed by atoms with Gasteiger partial charge in [0.2, 0.25) is 10.0 Å². The number of pyridine rings is 1. The van der Waals surface area contributed by atoms with Crippen molar-refractivity contribution < 1.29 is 13.2 Å². The molecule has 0 aliphatic rings. The van der Waals surface area contributed by atoms with Gasteiger partial charge in [0, 0.05) is 18.8 Å². The molecule has 1 aromatic heterocycles. The number of aryl methyl sites for hydroxylation is 3. The number of carbonyl (C=O) groups excluding carboxylic acids is 1. The second-order valence-electron chi connectivity index (χ2n) is 5.59. The van der Waals surface area contributed by atoms with E-state index in [9.17, 15) is 13.2 Å². The quantitative estimate of drug-likeness (QED) is 0.779. The minimum Gasteiger partial charge on any atom is -0.349 e. The van der Waals surface area contributed by atoms with Crippen LogP contribution in [-0.4, -0.2) is 32.4 Å². The van der Waals surface area contributed by atoms with Gasteiger partial charge in [-0.1, -0.05) is 18.2 Å². The zero-order valence-corrected chi connectivity index (χ0v) is 14.8. The van der Waals surface area contributed by atoms with Gasteiger partial charge in [0.25, 0.3) is 5.91 Å². The topological polar surface area (TPSA) is 88.2 Å². The minimum absolute atomic E-state index is 0.104. The van der Waals surface area contributed by atoms with Crippen LogP contribution in [0.2, 0.25) is 0 Å². The Balaban J connectivity index is 1.92. The molecule has 0 bridgehead atoms. The van der Waals surface area contributed by atoms with Crippen LogP contribution in [-0.2, 0) is 10.0 Å². The highest BCUT2D eigenvalue weighted by atomic mass is 32.2. The van der Waals surface area contributed by atoms with Crippen LogP contribution in [0.15, 0.2) is 41.3 Å². The molecule has 0 aliphatic heterocycles. The summed E-state index contributed by atoms with van der Waals surface area (Å²) >= 11 is 0. The normalized spacial score (nSPS) is 11.3. The van der Waals surface area contributed by atoms with Crippen LogP contribution in [0.5, 0.6) is 0 Å². The number of rotatable bonds is 6. The number of hydrogen-bond acceptors (Lipinski definition) is 4. The molecule has 0 unspecified atom stereocenters. The van der Waals surface area contributed by atoms with Crippen molar-refractivity contribution in [2.75, 3.05) is 13.1 Å². The highest BCUT2D eigenvalue weighted by Crippen LogP contribution is 2.16. The Labute approximate surface area is 142 Å². The first-order valence-electron chi connectivity index (χ1n) is 7.58. The van der Waals surface area contributed by atoms with E-state index in [1.807, 2.05) is 13.0 Å². The Morgan fingerprint density at radius 3 is 2.54 bits per heavy atom. The SMILES string of the molecule is Cc1ccc(C)c(S(=O)(=O)NCCNC(=O)c2cccc(C)n2)c1. The molecule has 128 valence electrons. The van der Waals surface area contributed by atoms with Gasteiger partial charge in [-0.05, 0) is 50.1 Å². The van der Waals surface area contributed by atoms with Crippen molar-refractivity contribution in [3.05, 3.63) is 58.9 Å². The van der Waals surface area contributed by atoms with Crippen molar-refractivity contribution in [2.45, 2.75) is 25.7 Å². The van der Waals surface area contributed by atoms with Gasteiger partial charge >= 0.3 is 0 Å². The van der Waals surface area contributed by atoms with Gasteiger partial charge in [0.05, 0.1) is 4.90 Å². The van der Waals surface area contributed by atoms with Crippen molar-refractivity contribution in [1.82, 2.24) is 15.0 Å². The summed E-state index contributed by atoms with van der Waals surface area (Å²) in [6.07, 6.45) is 0. The lowest BCUT2D eigenvalue weighted by Gasteiger charge is -2.10. The molecule has 1 amide bonds. The molecule has 0 saturated heterocycles. The number of nitrogens with zero attached hydrogens (tertiary/aromatic N) is 1. The summed E-state index contributed by atoms with van der Waals surface area (Å²) < 4.78 is 27.2. The first-order chi connectivity index (χ1) is 11.3. The van der Waals surface area contributed by atoms with Gasteiger partial charge in [-0.15, -0.1) is 0 Å². The number of aromatic nitrogens is 1. The molecule has 0 radical (unpaired) electrons. The molecule has 24 heavy (non-hydrogen) atoms. The van der Waals surface area contributed by atoms with E-state index in [0.717, 1.165) is 11.3 Å². The molecule has 0 aliphatic carbocycles. The first-order valence-corrected chi connectivity index (χ1v) is 9.07. The van der Waals surface area contributed by atoms with Crippen molar-refractivity contribution >= 4 is 15.9 Å². The summed E-state index contributed by atoms with van der Waals surface area (Å²) in [5.74, 6) is -0.329. The third kappa shape index (κ3) is 4.62. The molecule has 1 aromatic carbocycles. The van der Waals surface area contributed by atoms with Crippen LogP contribution < -0.4 is 10.0 Å². The molecule has 6 nitrogen and oxygen atoms in total. The second kappa shape index (κ2) is 7.55. The smallest absolute Gasteiger partial charge is 0.269 e. The molecule has 2 N–H and O–H groups in total. The summed E-state index contributed by atoms with van der Waals surface area (Å²) in [6.45, 7) is 5.67. The van der Waals surface area contributed by atoms with Crippen LogP contribution in [0.25, 0.3) is 0 Å². The van der Waals surface area contributed by atoms with Crippen LogP contribution in [0.1, 0.15) is 27.3 Å². The van der Waals surface area contributed by atoms with E-state index in [1.165, 1.54) is 0 Å². The fourth-order valence-corrected chi connectivity index (χ4v) is 3.56. The summed E-state index contributed by atoms with van der Waals surface area (Å²) in [6, 6.07) is 10.4. The third-order valence-corrected chi connectivity index (χ3v) is 5.06. The molecule has 0 atom stereocenters. The largest absolute Gasteiger partial charge is 0.349 e. The Hall–Kier alpha value is -2.25. The first kappa shape index (κ1) is 18.1. The van der Waals surface area contributed by atoms with Crippen molar-refractivity contribution in [3.63, 3.8) is 0 Å². The van der Waals surface area contributed by atoms with Gasteiger partial charge in [-0.25, -0.2) is 18.1 Å². The van der Waals surface area contributed by atoms with E-state index in [4.69, 9.17) is 0 Å². The lowest BCUT2D eigenvalue weighted by molar-refractivity contribution is 0.0949. The summed E-state index contributed by atoms with van der Waals surface area (Å²) in [5, 5.41) is 2.65. The molecular weight excluding hydrogens is 326 g/mol. The lowest BCUT2D eigenvalue weighted by atomic mass is 10.2. The number of nitrogens with one attached hydrogen (secondary N) is 2. The molecule has 0 spiro atoms. The lowest BCUT2D eigenvalue weighted by Crippen LogP contribution is -2.35. The zero-order chi connectivity index (χ0) is 17.7. The Bertz CT molecular complexity index is 848. The van der Waals surface area contributed by atoms with Crippen LogP contribution >= 0.6 is 0 Å². The molecule has 1 heterocycles. The number of carbonyl (C=O) groups is 1. The summed E-state index contributed by atoms with van der Waals surface area (Å²) in [5.41, 5.74) is 2.62. The average molecular weight is 347 g/mol. The third-order valence-electron chi connectivity index (χ3n) is 3.46. The van der Waals surface area contributed by atoms with Crippen molar-refractivity contribution in [3.8, 4) is 0 Å². The van der Waals surface area contributed by atoms with Gasteiger partial charge in [0.15, 0.2) is 0 Å². The summed E-state index contributed by atoms with van der Waals surface area (Å²) in [4.78, 5) is 16.3. The number of benzene rings is 1. The molecule has 2 aromatic rings. The Morgan fingerprint density at radius 2 is 1.83 bits per heavy atom. The molecular formula is C17H21N3O3S. The predicted octanol–water partition coefficient (Wildman–Crippen LogP) is 1.72. The Morgan fingerprint density at radius 1 is 1.08 bits per heavy atom. The van der Waals surface area contributed by atoms with E-state index in [0.29, 0.717) is 11.3 Å². The molecule has 2 rings (SSSR count). The minimum atomic E-state index is -3.60. The number of sulfonamides is 1. The van der Waals surface area contributed by atoms with Crippen LogP contribution in [0, 0.1) is 20.8 Å². The number of hydrogen-bond donors (Lipinski definition) is 2. The van der Waals surface area contributed by atoms with Gasteiger partial charge in [0.1, 0.15) is 5.69 Å². The van der Waals surface area contributed by atoms with E-state index in [2.05, 4.69) is 15.0 Å². The molecule has 0 fully saturated rings. The van der Waals surface area contributed by atoms with E-state index < -0.39 is 10.0 Å². The fourth-order valence-electron chi connectivity index (χ4n) is 2.20. The predicted molar refractivity (Wildman–Crippen MR) is 92.4 cm³/mol. The standard InChI is InChI=1S/C17H21N3O3S/c1-12-7-8-13(2)16(11-12)24(22,23)19-10-9-18-17(21)15-6-4-5-14(3)20-15/h4-8,11,19H,9-10H2,1-3H3,(H,18,21).